The highest BCUT2D eigenvalue weighted by atomic mass is 35.5. The first-order valence-corrected chi connectivity index (χ1v) is 9.11. The maximum Gasteiger partial charge on any atom is 0.0282 e. The van der Waals surface area contributed by atoms with Crippen LogP contribution in [0.25, 0.3) is 0 Å². The van der Waals surface area contributed by atoms with Gasteiger partial charge in [-0.15, -0.1) is 11.6 Å². The van der Waals surface area contributed by atoms with Crippen LogP contribution in [0.4, 0.5) is 0 Å². The fourth-order valence-electron chi connectivity index (χ4n) is 4.60. The highest BCUT2D eigenvalue weighted by Gasteiger charge is 2.53. The quantitative estimate of drug-likeness (QED) is 0.579. The monoisotopic (exact) mass is 304 g/mol. The average molecular weight is 305 g/mol. The molecular formula is C20H29Cl. The summed E-state index contributed by atoms with van der Waals surface area (Å²) in [4.78, 5) is 0. The van der Waals surface area contributed by atoms with Gasteiger partial charge in [-0.25, -0.2) is 0 Å². The van der Waals surface area contributed by atoms with Crippen molar-refractivity contribution in [2.24, 2.45) is 22.7 Å². The molecule has 2 atom stereocenters. The lowest BCUT2D eigenvalue weighted by atomic mass is 9.62. The molecule has 2 saturated carbocycles. The van der Waals surface area contributed by atoms with Crippen molar-refractivity contribution in [1.29, 1.82) is 0 Å². The van der Waals surface area contributed by atoms with Gasteiger partial charge in [-0.1, -0.05) is 51.1 Å². The van der Waals surface area contributed by atoms with Crippen molar-refractivity contribution in [1.82, 2.24) is 0 Å². The SMILES string of the molecule is CC(C)(C)C1CCC(CCl)(C2CC2c2ccccc2)CC1. The van der Waals surface area contributed by atoms with Crippen LogP contribution < -0.4 is 0 Å². The van der Waals surface area contributed by atoms with Crippen molar-refractivity contribution >= 4 is 11.6 Å². The molecule has 0 aliphatic heterocycles. The Hall–Kier alpha value is -0.490. The molecule has 21 heavy (non-hydrogen) atoms. The van der Waals surface area contributed by atoms with Crippen molar-refractivity contribution in [3.63, 3.8) is 0 Å². The molecule has 2 unspecified atom stereocenters. The minimum absolute atomic E-state index is 0.420. The normalized spacial score (nSPS) is 36.5. The number of hydrogen-bond acceptors (Lipinski definition) is 0. The molecule has 0 bridgehead atoms. The summed E-state index contributed by atoms with van der Waals surface area (Å²) in [5, 5.41) is 0. The van der Waals surface area contributed by atoms with Crippen molar-refractivity contribution in [2.45, 2.75) is 58.8 Å². The van der Waals surface area contributed by atoms with Crippen LogP contribution in [0.15, 0.2) is 30.3 Å². The van der Waals surface area contributed by atoms with E-state index < -0.39 is 0 Å². The standard InChI is InChI=1S/C20H29Cl/c1-19(2,3)16-9-11-20(14-21,12-10-16)18-13-17(18)15-7-5-4-6-8-15/h4-8,16-18H,9-14H2,1-3H3. The van der Waals surface area contributed by atoms with Gasteiger partial charge in [0.1, 0.15) is 0 Å². The maximum atomic E-state index is 6.49. The Kier molecular flexibility index (Phi) is 4.12. The molecule has 0 saturated heterocycles. The van der Waals surface area contributed by atoms with Gasteiger partial charge in [0, 0.05) is 5.88 Å². The zero-order valence-corrected chi connectivity index (χ0v) is 14.5. The Labute approximate surface area is 135 Å². The lowest BCUT2D eigenvalue weighted by Crippen LogP contribution is -2.35. The molecule has 1 aromatic carbocycles. The summed E-state index contributed by atoms with van der Waals surface area (Å²) in [6.07, 6.45) is 6.78. The third-order valence-electron chi connectivity index (χ3n) is 6.28. The number of rotatable bonds is 3. The lowest BCUT2D eigenvalue weighted by Gasteiger charge is -2.44. The zero-order valence-electron chi connectivity index (χ0n) is 13.7. The van der Waals surface area contributed by atoms with Gasteiger partial charge in [0.15, 0.2) is 0 Å². The molecule has 116 valence electrons. The highest BCUT2D eigenvalue weighted by Crippen LogP contribution is 2.63. The Morgan fingerprint density at radius 3 is 2.24 bits per heavy atom. The van der Waals surface area contributed by atoms with E-state index in [9.17, 15) is 0 Å². The fraction of sp³-hybridized carbons (Fsp3) is 0.700. The number of benzene rings is 1. The van der Waals surface area contributed by atoms with Crippen LogP contribution in [0.5, 0.6) is 0 Å². The molecule has 0 radical (unpaired) electrons. The number of alkyl halides is 1. The van der Waals surface area contributed by atoms with Gasteiger partial charge in [-0.2, -0.15) is 0 Å². The van der Waals surface area contributed by atoms with E-state index in [4.69, 9.17) is 11.6 Å². The Morgan fingerprint density at radius 2 is 1.71 bits per heavy atom. The molecule has 2 fully saturated rings. The van der Waals surface area contributed by atoms with Gasteiger partial charge in [-0.05, 0) is 66.3 Å². The van der Waals surface area contributed by atoms with Gasteiger partial charge in [0.2, 0.25) is 0 Å². The smallest absolute Gasteiger partial charge is 0.0282 e. The summed E-state index contributed by atoms with van der Waals surface area (Å²) in [6, 6.07) is 11.1. The maximum absolute atomic E-state index is 6.49. The first-order valence-electron chi connectivity index (χ1n) is 8.57. The summed E-state index contributed by atoms with van der Waals surface area (Å²) in [7, 11) is 0. The molecule has 3 rings (SSSR count). The van der Waals surface area contributed by atoms with Crippen LogP contribution in [-0.2, 0) is 0 Å². The fourth-order valence-corrected chi connectivity index (χ4v) is 5.07. The van der Waals surface area contributed by atoms with Crippen molar-refractivity contribution in [3.05, 3.63) is 35.9 Å². The molecular weight excluding hydrogens is 276 g/mol. The summed E-state index contributed by atoms with van der Waals surface area (Å²) < 4.78 is 0. The van der Waals surface area contributed by atoms with E-state index in [2.05, 4.69) is 51.1 Å². The summed E-state index contributed by atoms with van der Waals surface area (Å²) in [6.45, 7) is 7.19. The van der Waals surface area contributed by atoms with Gasteiger partial charge in [0.25, 0.3) is 0 Å². The van der Waals surface area contributed by atoms with Crippen LogP contribution in [0.1, 0.15) is 64.4 Å². The van der Waals surface area contributed by atoms with Crippen LogP contribution in [0.2, 0.25) is 0 Å². The van der Waals surface area contributed by atoms with E-state index >= 15 is 0 Å². The molecule has 0 heterocycles. The van der Waals surface area contributed by atoms with Crippen molar-refractivity contribution in [3.8, 4) is 0 Å². The van der Waals surface area contributed by atoms with Crippen LogP contribution in [0.3, 0.4) is 0 Å². The second kappa shape index (κ2) is 5.61. The van der Waals surface area contributed by atoms with Gasteiger partial charge < -0.3 is 0 Å². The van der Waals surface area contributed by atoms with Crippen molar-refractivity contribution < 1.29 is 0 Å². The summed E-state index contributed by atoms with van der Waals surface area (Å²) >= 11 is 6.49. The van der Waals surface area contributed by atoms with Gasteiger partial charge in [-0.3, -0.25) is 0 Å². The largest absolute Gasteiger partial charge is 0.126 e. The topological polar surface area (TPSA) is 0 Å². The third-order valence-corrected chi connectivity index (χ3v) is 6.81. The Balaban J connectivity index is 1.68. The Bertz CT molecular complexity index is 462. The first kappa shape index (κ1) is 15.4. The second-order valence-electron chi connectivity index (χ2n) is 8.50. The predicted octanol–water partition coefficient (Wildman–Crippen LogP) is 6.25. The molecule has 2 aliphatic rings. The molecule has 0 nitrogen and oxygen atoms in total. The average Bonchev–Trinajstić information content (AvgIpc) is 3.28. The molecule has 0 aromatic heterocycles. The third kappa shape index (κ3) is 3.02. The van der Waals surface area contributed by atoms with Crippen LogP contribution >= 0.6 is 11.6 Å². The zero-order chi connectivity index (χ0) is 15.1. The predicted molar refractivity (Wildman–Crippen MR) is 91.9 cm³/mol. The first-order chi connectivity index (χ1) is 9.96. The second-order valence-corrected chi connectivity index (χ2v) is 8.76. The summed E-state index contributed by atoms with van der Waals surface area (Å²) in [5.41, 5.74) is 2.41. The van der Waals surface area contributed by atoms with E-state index in [-0.39, 0.29) is 0 Å². The van der Waals surface area contributed by atoms with Crippen LogP contribution in [-0.4, -0.2) is 5.88 Å². The van der Waals surface area contributed by atoms with E-state index in [1.807, 2.05) is 0 Å². The Morgan fingerprint density at radius 1 is 1.10 bits per heavy atom. The summed E-state index contributed by atoms with van der Waals surface area (Å²) in [5.74, 6) is 3.34. The highest BCUT2D eigenvalue weighted by molar-refractivity contribution is 6.18. The molecule has 0 N–H and O–H groups in total. The van der Waals surface area contributed by atoms with Crippen LogP contribution in [0, 0.1) is 22.7 Å². The van der Waals surface area contributed by atoms with E-state index in [1.54, 1.807) is 0 Å². The number of halogens is 1. The minimum atomic E-state index is 0.420. The van der Waals surface area contributed by atoms with Crippen molar-refractivity contribution in [2.75, 3.05) is 5.88 Å². The molecule has 1 heteroatoms. The van der Waals surface area contributed by atoms with E-state index in [1.165, 1.54) is 37.7 Å². The number of hydrogen-bond donors (Lipinski definition) is 0. The molecule has 0 spiro atoms. The lowest BCUT2D eigenvalue weighted by molar-refractivity contribution is 0.0852. The van der Waals surface area contributed by atoms with E-state index in [0.29, 0.717) is 10.8 Å². The molecule has 0 amide bonds. The molecule has 1 aromatic rings. The van der Waals surface area contributed by atoms with E-state index in [0.717, 1.165) is 23.6 Å². The molecule has 2 aliphatic carbocycles. The van der Waals surface area contributed by atoms with Gasteiger partial charge in [0.05, 0.1) is 0 Å². The van der Waals surface area contributed by atoms with Gasteiger partial charge >= 0.3 is 0 Å². The minimum Gasteiger partial charge on any atom is -0.126 e.